The monoisotopic (exact) mass is 2160 g/mol. The molecule has 5 unspecified atom stereocenters. The van der Waals surface area contributed by atoms with Crippen molar-refractivity contribution in [3.05, 3.63) is 191 Å². The van der Waals surface area contributed by atoms with Crippen molar-refractivity contribution in [1.29, 1.82) is 0 Å². The second-order valence-corrected chi connectivity index (χ2v) is 38.5. The molecule has 1 aliphatic heterocycles. The lowest BCUT2D eigenvalue weighted by molar-refractivity contribution is -0.193. The Hall–Kier alpha value is -9.46. The normalized spacial score (nSPS) is 12.1. The minimum atomic E-state index is -4.33. The molecule has 0 aromatic heterocycles. The number of phenolic OH excluding ortho intramolecular Hbond substituents is 1. The summed E-state index contributed by atoms with van der Waals surface area (Å²) in [5, 5.41) is 25.6. The summed E-state index contributed by atoms with van der Waals surface area (Å²) >= 11 is 7.72. The largest absolute Gasteiger partial charge is 0.508 e. The highest BCUT2D eigenvalue weighted by Crippen LogP contribution is 2.36. The van der Waals surface area contributed by atoms with E-state index in [1.165, 1.54) is 59.4 Å². The molecule has 3 N–H and O–H groups in total. The molecule has 0 saturated carbocycles. The molecule has 822 valence electrons. The van der Waals surface area contributed by atoms with Crippen LogP contribution in [0, 0.1) is 63.2 Å². The lowest BCUT2D eigenvalue weighted by Crippen LogP contribution is -2.20. The lowest BCUT2D eigenvalue weighted by atomic mass is 10.0. The number of ether oxygens (including phenoxy) is 8. The van der Waals surface area contributed by atoms with Crippen LogP contribution in [0.4, 0.5) is 39.5 Å². The first-order chi connectivity index (χ1) is 68.0. The number of hydrogen-bond donors (Lipinski definition) is 4. The summed E-state index contributed by atoms with van der Waals surface area (Å²) < 4.78 is 207. The Balaban J connectivity index is -0.000000520. The maximum Gasteiger partial charge on any atom is 0.416 e. The Bertz CT molecular complexity index is 4760. The van der Waals surface area contributed by atoms with Crippen LogP contribution < -0.4 is 28.4 Å². The van der Waals surface area contributed by atoms with Crippen molar-refractivity contribution in [2.75, 3.05) is 110 Å². The number of carbonyl (C=O) groups is 2. The van der Waals surface area contributed by atoms with E-state index in [9.17, 15) is 65.9 Å². The number of aryl methyl sites for hydroxylation is 4. The minimum absolute atomic E-state index is 0. The van der Waals surface area contributed by atoms with Gasteiger partial charge in [-0.3, -0.25) is 18.0 Å². The smallest absolute Gasteiger partial charge is 0.416 e. The van der Waals surface area contributed by atoms with Crippen molar-refractivity contribution in [2.24, 2.45) is 35.5 Å². The van der Waals surface area contributed by atoms with Gasteiger partial charge in [0.1, 0.15) is 46.9 Å². The van der Waals surface area contributed by atoms with Gasteiger partial charge in [-0.2, -0.15) is 85.1 Å². The second-order valence-electron chi connectivity index (χ2n) is 32.5. The number of rotatable bonds is 46. The Kier molecular flexibility index (Phi) is 85.9. The molecule has 0 spiro atoms. The third-order valence-electron chi connectivity index (χ3n) is 19.8. The molecular formula is C106H155F9O25S5. The van der Waals surface area contributed by atoms with Gasteiger partial charge in [0.2, 0.25) is 0 Å². The van der Waals surface area contributed by atoms with Crippen LogP contribution in [0.5, 0.6) is 40.2 Å². The van der Waals surface area contributed by atoms with Crippen LogP contribution in [0.15, 0.2) is 166 Å². The van der Waals surface area contributed by atoms with E-state index in [2.05, 4.69) is 72.4 Å². The van der Waals surface area contributed by atoms with Crippen LogP contribution in [0.3, 0.4) is 0 Å². The topological polar surface area (TPSA) is 358 Å². The van der Waals surface area contributed by atoms with E-state index in [-0.39, 0.29) is 87.6 Å². The van der Waals surface area contributed by atoms with Gasteiger partial charge in [-0.1, -0.05) is 132 Å². The molecule has 0 aliphatic carbocycles. The average Bonchev–Trinajstić information content (AvgIpc) is 0.946. The van der Waals surface area contributed by atoms with Crippen molar-refractivity contribution in [3.63, 3.8) is 0 Å². The summed E-state index contributed by atoms with van der Waals surface area (Å²) in [6, 6.07) is 39.1. The number of hydrogen-bond acceptors (Lipinski definition) is 28. The quantitative estimate of drug-likeness (QED) is 0.00905. The van der Waals surface area contributed by atoms with Gasteiger partial charge in [0.05, 0.1) is 88.5 Å². The molecule has 8 rings (SSSR count). The maximum atomic E-state index is 12.7. The van der Waals surface area contributed by atoms with E-state index < -0.39 is 55.5 Å². The first-order valence-electron chi connectivity index (χ1n) is 47.3. The highest BCUT2D eigenvalue weighted by molar-refractivity contribution is 7.99. The number of phenols is 1. The van der Waals surface area contributed by atoms with Crippen molar-refractivity contribution in [2.45, 2.75) is 254 Å². The van der Waals surface area contributed by atoms with E-state index in [0.717, 1.165) is 227 Å². The zero-order valence-corrected chi connectivity index (χ0v) is 90.3. The third-order valence-corrected chi connectivity index (χ3v) is 23.6. The van der Waals surface area contributed by atoms with Crippen molar-refractivity contribution < 1.29 is 156 Å². The minimum Gasteiger partial charge on any atom is -0.508 e. The number of thioether (sulfide) groups is 2. The number of halogens is 9. The first-order valence-corrected chi connectivity index (χ1v) is 53.4. The van der Waals surface area contributed by atoms with E-state index in [4.69, 9.17) is 90.3 Å². The molecule has 1 saturated heterocycles. The van der Waals surface area contributed by atoms with E-state index in [1.807, 2.05) is 116 Å². The number of esters is 1. The van der Waals surface area contributed by atoms with Gasteiger partial charge in [-0.25, -0.2) is 0 Å². The Morgan fingerprint density at radius 2 is 0.786 bits per heavy atom. The van der Waals surface area contributed by atoms with Crippen LogP contribution in [-0.4, -0.2) is 173 Å². The standard InChI is InChI=1S/C23H29F3O2S.C21H25F3O2S.C14H22O4S.C10H12O2S.C9H18O2.C8H18O3S.C7H5F3O.C6H14O2.C4H8O.3CO2.CH4/c1-4-6-18(15-28-20-9-7-19(8-10-20)23(24,25)26)16-29-21-11-12-22(17(3)14-21)27-13-5-2;1-4-5-16(14-27-19-10-11-20(25-3)15(2)12-19)13-26-18-8-6-17(7-9-18)21(22,23)24;1-4-5-13(11-18-19(3,15)16)10-17-14-8-6-12(2)7-9-14;1-7-5-9(13)3-4-10(7)12-6-8(2)11;1-4-7-8(5-2)9(10)11-6-3;1-4-6-8(5-2)7-11-12(3,9)10;8-7(9,10)5-1-3-6(11)4-2-5;1-2-3-6(4-7)5-8;1-2-4-5-3-1;3*2-1-3;/h7-12,14,18H,4-6,13,15-16H2,1-3H3;6-12,16H,4-5,13-14H2,1-3H3;6-9,13H,4-5,10-11H2,1-3H3;3-5,13H,6H2,1-2H3;8H,4-7H2,1-3H3;8H,4-7H2,1-3H3;1-4,11H;6-8H,2-5H2,1H3;1-4H2;;;;1H4. The molecule has 1 aliphatic rings. The van der Waals surface area contributed by atoms with Crippen LogP contribution in [0.1, 0.15) is 232 Å². The fraction of sp³-hybridized carbons (Fsp3) is 0.557. The summed E-state index contributed by atoms with van der Waals surface area (Å²) in [4.78, 5) is 73.8. The van der Waals surface area contributed by atoms with Gasteiger partial charge in [0.15, 0.2) is 5.78 Å². The number of aromatic hydroxyl groups is 1. The van der Waals surface area contributed by atoms with Crippen molar-refractivity contribution >= 4 is 86.6 Å². The van der Waals surface area contributed by atoms with E-state index in [0.29, 0.717) is 68.9 Å². The zero-order valence-electron chi connectivity index (χ0n) is 86.1. The summed E-state index contributed by atoms with van der Waals surface area (Å²) in [5.41, 5.74) is 2.31. The Morgan fingerprint density at radius 1 is 0.441 bits per heavy atom. The highest BCUT2D eigenvalue weighted by Gasteiger charge is 2.32. The number of benzene rings is 7. The van der Waals surface area contributed by atoms with Gasteiger partial charge in [0.25, 0.3) is 20.2 Å². The molecule has 0 radical (unpaired) electrons. The average molecular weight is 2160 g/mol. The highest BCUT2D eigenvalue weighted by atomic mass is 32.2. The Labute approximate surface area is 868 Å². The predicted molar refractivity (Wildman–Crippen MR) is 550 cm³/mol. The summed E-state index contributed by atoms with van der Waals surface area (Å²) in [6.07, 6.45) is 7.33. The molecule has 145 heavy (non-hydrogen) atoms. The fourth-order valence-electron chi connectivity index (χ4n) is 12.2. The van der Waals surface area contributed by atoms with Gasteiger partial charge in [-0.05, 0) is 268 Å². The number of methoxy groups -OCH3 is 1. The van der Waals surface area contributed by atoms with Crippen molar-refractivity contribution in [3.8, 4) is 40.2 Å². The number of aliphatic hydroxyl groups is 2. The Morgan fingerprint density at radius 3 is 1.10 bits per heavy atom. The van der Waals surface area contributed by atoms with Gasteiger partial charge in [0, 0.05) is 76.3 Å². The SMILES string of the molecule is C.C1CCOC1.CC(=O)COc1ccc(S)cc1C.CCCC(CC)C(=O)OCC.CCCC(CC)COS(C)(=O)=O.CCCC(CO)CO.CCCC(COc1ccc(C(F)(F)F)cc1)CSc1ccc(OC)c(C)c1.CCCC(COc1ccc(C)cc1)COS(C)(=O)=O.CCCOc1ccc(SCC(CCC)COc2ccc(C(F)(F)F)cc2)cc1C.O=C=O.O=C=O.O=C=O.Oc1ccc(C(F)(F)F)cc1. The second kappa shape index (κ2) is 86.5. The number of alkyl halides is 9. The van der Waals surface area contributed by atoms with Crippen LogP contribution >= 0.6 is 36.2 Å². The number of Topliss-reactive ketones (excluding diaryl/α,β-unsaturated/α-hetero) is 1. The van der Waals surface area contributed by atoms with Crippen LogP contribution in [0.2, 0.25) is 0 Å². The number of thiol groups is 1. The number of aliphatic hydroxyl groups excluding tert-OH is 2. The number of ketones is 1. The third kappa shape index (κ3) is 78.5. The zero-order chi connectivity index (χ0) is 110. The van der Waals surface area contributed by atoms with Crippen molar-refractivity contribution in [1.82, 2.24) is 0 Å². The van der Waals surface area contributed by atoms with Gasteiger partial charge < -0.3 is 53.2 Å². The van der Waals surface area contributed by atoms with E-state index >= 15 is 0 Å². The molecular weight excluding hydrogens is 2000 g/mol. The first kappa shape index (κ1) is 144. The van der Waals surface area contributed by atoms with Crippen LogP contribution in [0.25, 0.3) is 0 Å². The summed E-state index contributed by atoms with van der Waals surface area (Å²) in [5.74, 6) is 7.22. The lowest BCUT2D eigenvalue weighted by Gasteiger charge is -2.17. The molecule has 0 amide bonds. The molecule has 5 atom stereocenters. The summed E-state index contributed by atoms with van der Waals surface area (Å²) in [6.45, 7) is 35.6. The number of carbonyl (C=O) groups excluding carboxylic acids is 8. The predicted octanol–water partition coefficient (Wildman–Crippen LogP) is 25.7. The van der Waals surface area contributed by atoms with E-state index in [1.54, 1.807) is 30.6 Å². The summed E-state index contributed by atoms with van der Waals surface area (Å²) in [7, 11) is -4.97. The molecule has 0 bridgehead atoms. The molecule has 25 nitrogen and oxygen atoms in total. The van der Waals surface area contributed by atoms with Gasteiger partial charge >= 0.3 is 43.0 Å². The van der Waals surface area contributed by atoms with Crippen LogP contribution in [-0.2, 0) is 95.0 Å². The molecule has 1 fully saturated rings. The fourth-order valence-corrected chi connectivity index (χ4v) is 15.6. The molecule has 7 aromatic carbocycles. The molecule has 7 aromatic rings. The van der Waals surface area contributed by atoms with Gasteiger partial charge in [-0.15, -0.1) is 36.2 Å². The molecule has 39 heteroatoms. The molecule has 1 heterocycles. The maximum absolute atomic E-state index is 12.7.